The second kappa shape index (κ2) is 15.6. The minimum absolute atomic E-state index is 0.192. The first-order chi connectivity index (χ1) is 6.68. The predicted octanol–water partition coefficient (Wildman–Crippen LogP) is 2.85. The van der Waals surface area contributed by atoms with Gasteiger partial charge in [0.15, 0.2) is 0 Å². The third kappa shape index (κ3) is 22.7. The molecule has 0 unspecified atom stereocenters. The van der Waals surface area contributed by atoms with Crippen molar-refractivity contribution in [3.63, 3.8) is 0 Å². The van der Waals surface area contributed by atoms with Gasteiger partial charge in [-0.15, -0.1) is 0 Å². The lowest BCUT2D eigenvalue weighted by Crippen LogP contribution is -1.91. The minimum Gasteiger partial charge on any atom is -0.481 e. The van der Waals surface area contributed by atoms with Crippen LogP contribution in [0.2, 0.25) is 0 Å². The van der Waals surface area contributed by atoms with E-state index in [0.717, 1.165) is 6.42 Å². The third-order valence-corrected chi connectivity index (χ3v) is 2.28. The molecule has 0 aliphatic carbocycles. The van der Waals surface area contributed by atoms with Crippen LogP contribution in [0.1, 0.15) is 45.4 Å². The predicted molar refractivity (Wildman–Crippen MR) is 67.0 cm³/mol. The van der Waals surface area contributed by atoms with E-state index in [-0.39, 0.29) is 4.43 Å². The largest absolute Gasteiger partial charge is 0.481 e. The average Bonchev–Trinajstić information content (AvgIpc) is 2.19. The van der Waals surface area contributed by atoms with Crippen LogP contribution >= 0.6 is 22.6 Å². The highest BCUT2D eigenvalue weighted by atomic mass is 127. The molecule has 0 spiro atoms. The van der Waals surface area contributed by atoms with E-state index in [1.54, 1.807) is 22.6 Å². The summed E-state index contributed by atoms with van der Waals surface area (Å²) in [6.07, 6.45) is 7.50. The first-order valence-electron chi connectivity index (χ1n) is 5.07. The Hall–Kier alpha value is 0.160. The molecule has 14 heavy (non-hydrogen) atoms. The lowest BCUT2D eigenvalue weighted by Gasteiger charge is -1.95. The fourth-order valence-corrected chi connectivity index (χ4v) is 0.892. The van der Waals surface area contributed by atoms with E-state index in [0.29, 0.717) is 6.61 Å². The van der Waals surface area contributed by atoms with Gasteiger partial charge in [-0.2, -0.15) is 0 Å². The SMILES string of the molecule is CCCCCCCCO.O=C(O)CI. The number of hydrogen-bond acceptors (Lipinski definition) is 2. The molecule has 86 valence electrons. The fraction of sp³-hybridized carbons (Fsp3) is 0.900. The Morgan fingerprint density at radius 1 is 1.14 bits per heavy atom. The monoisotopic (exact) mass is 316 g/mol. The van der Waals surface area contributed by atoms with Crippen molar-refractivity contribution in [2.75, 3.05) is 11.0 Å². The first-order valence-corrected chi connectivity index (χ1v) is 6.60. The number of alkyl halides is 1. The molecule has 0 heterocycles. The van der Waals surface area contributed by atoms with Gasteiger partial charge in [0.1, 0.15) is 0 Å². The smallest absolute Gasteiger partial charge is 0.313 e. The molecular formula is C10H21IO3. The molecule has 0 saturated carbocycles. The summed E-state index contributed by atoms with van der Waals surface area (Å²) in [4.78, 5) is 9.36. The summed E-state index contributed by atoms with van der Waals surface area (Å²) in [5.74, 6) is -0.759. The number of aliphatic hydroxyl groups excluding tert-OH is 1. The molecule has 4 heteroatoms. The molecule has 0 bridgehead atoms. The summed E-state index contributed by atoms with van der Waals surface area (Å²) in [5.41, 5.74) is 0. The standard InChI is InChI=1S/C8H18O.C2H3IO2/c1-2-3-4-5-6-7-8-9;3-1-2(4)5/h9H,2-8H2,1H3;1H2,(H,4,5). The molecule has 0 radical (unpaired) electrons. The summed E-state index contributed by atoms with van der Waals surface area (Å²) in [6, 6.07) is 0. The minimum atomic E-state index is -0.759. The van der Waals surface area contributed by atoms with Gasteiger partial charge in [0.2, 0.25) is 0 Å². The van der Waals surface area contributed by atoms with Crippen molar-refractivity contribution >= 4 is 28.6 Å². The topological polar surface area (TPSA) is 57.5 Å². The first kappa shape index (κ1) is 16.6. The second-order valence-corrected chi connectivity index (χ2v) is 3.78. The van der Waals surface area contributed by atoms with E-state index < -0.39 is 5.97 Å². The maximum atomic E-state index is 9.36. The van der Waals surface area contributed by atoms with Crippen LogP contribution in [0.4, 0.5) is 0 Å². The van der Waals surface area contributed by atoms with E-state index in [2.05, 4.69) is 6.92 Å². The van der Waals surface area contributed by atoms with E-state index in [1.807, 2.05) is 0 Å². The van der Waals surface area contributed by atoms with Crippen LogP contribution in [0.5, 0.6) is 0 Å². The number of aliphatic hydroxyl groups is 1. The lowest BCUT2D eigenvalue weighted by molar-refractivity contribution is -0.133. The highest BCUT2D eigenvalue weighted by molar-refractivity contribution is 14.1. The van der Waals surface area contributed by atoms with Gasteiger partial charge in [0.05, 0.1) is 4.43 Å². The molecule has 0 amide bonds. The normalized spacial score (nSPS) is 9.07. The number of carbonyl (C=O) groups is 1. The van der Waals surface area contributed by atoms with Crippen molar-refractivity contribution in [1.82, 2.24) is 0 Å². The fourth-order valence-electron chi connectivity index (χ4n) is 0.892. The summed E-state index contributed by atoms with van der Waals surface area (Å²) in [6.45, 7) is 2.58. The zero-order chi connectivity index (χ0) is 11.2. The van der Waals surface area contributed by atoms with Crippen molar-refractivity contribution in [1.29, 1.82) is 0 Å². The second-order valence-electron chi connectivity index (χ2n) is 3.02. The van der Waals surface area contributed by atoms with Gasteiger partial charge in [-0.1, -0.05) is 61.6 Å². The summed E-state index contributed by atoms with van der Waals surface area (Å²) in [5, 5.41) is 16.1. The zero-order valence-corrected chi connectivity index (χ0v) is 11.0. The van der Waals surface area contributed by atoms with Crippen LogP contribution in [0.25, 0.3) is 0 Å². The maximum absolute atomic E-state index is 9.36. The molecule has 0 aliphatic heterocycles. The number of rotatable bonds is 7. The molecule has 3 nitrogen and oxygen atoms in total. The van der Waals surface area contributed by atoms with Crippen LogP contribution in [0, 0.1) is 0 Å². The van der Waals surface area contributed by atoms with Crippen LogP contribution in [-0.4, -0.2) is 27.2 Å². The highest BCUT2D eigenvalue weighted by Crippen LogP contribution is 2.03. The molecule has 0 fully saturated rings. The molecule has 2 N–H and O–H groups in total. The molecule has 0 saturated heterocycles. The van der Waals surface area contributed by atoms with Crippen molar-refractivity contribution in [2.24, 2.45) is 0 Å². The third-order valence-electron chi connectivity index (χ3n) is 1.63. The van der Waals surface area contributed by atoms with E-state index in [1.165, 1.54) is 32.1 Å². The summed E-state index contributed by atoms with van der Waals surface area (Å²) in [7, 11) is 0. The summed E-state index contributed by atoms with van der Waals surface area (Å²) >= 11 is 1.78. The Kier molecular flexibility index (Phi) is 18.5. The van der Waals surface area contributed by atoms with Crippen LogP contribution < -0.4 is 0 Å². The van der Waals surface area contributed by atoms with Gasteiger partial charge >= 0.3 is 5.97 Å². The van der Waals surface area contributed by atoms with Gasteiger partial charge in [-0.3, -0.25) is 4.79 Å². The number of carboxylic acids is 1. The van der Waals surface area contributed by atoms with Crippen LogP contribution in [0.3, 0.4) is 0 Å². The number of hydrogen-bond donors (Lipinski definition) is 2. The molecule has 0 aromatic rings. The van der Waals surface area contributed by atoms with E-state index >= 15 is 0 Å². The van der Waals surface area contributed by atoms with Crippen LogP contribution in [-0.2, 0) is 4.79 Å². The summed E-state index contributed by atoms with van der Waals surface area (Å²) < 4.78 is 0.192. The number of halogens is 1. The quantitative estimate of drug-likeness (QED) is 0.431. The average molecular weight is 316 g/mol. The van der Waals surface area contributed by atoms with Crippen molar-refractivity contribution in [3.05, 3.63) is 0 Å². The van der Waals surface area contributed by atoms with Gasteiger partial charge in [-0.05, 0) is 6.42 Å². The van der Waals surface area contributed by atoms with Crippen molar-refractivity contribution < 1.29 is 15.0 Å². The highest BCUT2D eigenvalue weighted by Gasteiger charge is 1.86. The van der Waals surface area contributed by atoms with Crippen molar-refractivity contribution in [2.45, 2.75) is 45.4 Å². The molecule has 0 atom stereocenters. The van der Waals surface area contributed by atoms with E-state index in [4.69, 9.17) is 10.2 Å². The maximum Gasteiger partial charge on any atom is 0.313 e. The Labute approximate surface area is 100 Å². The van der Waals surface area contributed by atoms with E-state index in [9.17, 15) is 4.79 Å². The number of aliphatic carboxylic acids is 1. The van der Waals surface area contributed by atoms with Crippen molar-refractivity contribution in [3.8, 4) is 0 Å². The molecule has 0 rings (SSSR count). The Balaban J connectivity index is 0. The Bertz CT molecular complexity index is 112. The Morgan fingerprint density at radius 2 is 1.57 bits per heavy atom. The van der Waals surface area contributed by atoms with Gasteiger partial charge in [-0.25, -0.2) is 0 Å². The van der Waals surface area contributed by atoms with Gasteiger partial charge < -0.3 is 10.2 Å². The molecule has 0 aromatic carbocycles. The molecule has 0 aliphatic rings. The molecule has 0 aromatic heterocycles. The number of unbranched alkanes of at least 4 members (excludes halogenated alkanes) is 5. The zero-order valence-electron chi connectivity index (χ0n) is 8.84. The van der Waals surface area contributed by atoms with Crippen LogP contribution in [0.15, 0.2) is 0 Å². The Morgan fingerprint density at radius 3 is 1.93 bits per heavy atom. The number of carboxylic acid groups (broad SMARTS) is 1. The molecular weight excluding hydrogens is 295 g/mol. The lowest BCUT2D eigenvalue weighted by atomic mass is 10.1. The van der Waals surface area contributed by atoms with Gasteiger partial charge in [0, 0.05) is 6.61 Å². The van der Waals surface area contributed by atoms with Gasteiger partial charge in [0.25, 0.3) is 0 Å².